The van der Waals surface area contributed by atoms with Crippen LogP contribution in [0.15, 0.2) is 0 Å². The van der Waals surface area contributed by atoms with Crippen molar-refractivity contribution in [2.45, 2.75) is 19.1 Å². The third-order valence-corrected chi connectivity index (χ3v) is 1.22. The van der Waals surface area contributed by atoms with E-state index in [2.05, 4.69) is 0 Å². The largest absolute Gasteiger partial charge is 0.336 e. The molecular formula is C6H12ClO3. The van der Waals surface area contributed by atoms with Gasteiger partial charge in [-0.1, -0.05) is 11.6 Å². The van der Waals surface area contributed by atoms with E-state index < -0.39 is 11.9 Å². The molecule has 0 amide bonds. The van der Waals surface area contributed by atoms with E-state index in [-0.39, 0.29) is 0 Å². The number of hydrogen-bond acceptors (Lipinski definition) is 2. The monoisotopic (exact) mass is 167 g/mol. The van der Waals surface area contributed by atoms with Gasteiger partial charge in [0, 0.05) is 13.2 Å². The van der Waals surface area contributed by atoms with Crippen LogP contribution in [-0.2, 0) is 14.6 Å². The highest BCUT2D eigenvalue weighted by Gasteiger charge is 2.27. The molecule has 0 heterocycles. The summed E-state index contributed by atoms with van der Waals surface area (Å²) < 4.78 is 9.70. The van der Waals surface area contributed by atoms with Crippen molar-refractivity contribution in [2.24, 2.45) is 0 Å². The van der Waals surface area contributed by atoms with Crippen LogP contribution in [0.2, 0.25) is 0 Å². The second-order valence-electron chi connectivity index (χ2n) is 1.67. The van der Waals surface area contributed by atoms with Crippen molar-refractivity contribution < 1.29 is 14.6 Å². The summed E-state index contributed by atoms with van der Waals surface area (Å²) in [5.41, 5.74) is 0. The molecule has 0 bridgehead atoms. The maximum atomic E-state index is 10.3. The first kappa shape index (κ1) is 10.2. The SMILES string of the molecule is CCOC(Cl)(C[O])OCC. The molecule has 0 aromatic carbocycles. The van der Waals surface area contributed by atoms with Gasteiger partial charge in [0.1, 0.15) is 0 Å². The van der Waals surface area contributed by atoms with E-state index in [1.165, 1.54) is 0 Å². The molecule has 0 aromatic heterocycles. The van der Waals surface area contributed by atoms with Crippen LogP contribution in [0.5, 0.6) is 0 Å². The summed E-state index contributed by atoms with van der Waals surface area (Å²) in [6.45, 7) is 3.69. The lowest BCUT2D eigenvalue weighted by molar-refractivity contribution is -0.201. The summed E-state index contributed by atoms with van der Waals surface area (Å²) >= 11 is 5.57. The molecule has 3 nitrogen and oxygen atoms in total. The highest BCUT2D eigenvalue weighted by atomic mass is 35.5. The molecule has 61 valence electrons. The molecule has 0 saturated heterocycles. The van der Waals surface area contributed by atoms with Gasteiger partial charge >= 0.3 is 0 Å². The molecule has 0 aliphatic carbocycles. The van der Waals surface area contributed by atoms with Gasteiger partial charge in [0.2, 0.25) is 0 Å². The van der Waals surface area contributed by atoms with E-state index in [4.69, 9.17) is 21.1 Å². The van der Waals surface area contributed by atoms with Crippen LogP contribution in [0.1, 0.15) is 13.8 Å². The minimum absolute atomic E-state index is 0.381. The molecule has 0 saturated carbocycles. The van der Waals surface area contributed by atoms with Crippen molar-refractivity contribution in [2.75, 3.05) is 19.8 Å². The first-order chi connectivity index (χ1) is 4.68. The molecule has 0 unspecified atom stereocenters. The van der Waals surface area contributed by atoms with Gasteiger partial charge in [0.25, 0.3) is 5.25 Å². The van der Waals surface area contributed by atoms with E-state index in [1.54, 1.807) is 13.8 Å². The molecule has 0 rings (SSSR count). The first-order valence-corrected chi connectivity index (χ1v) is 3.61. The van der Waals surface area contributed by atoms with Crippen molar-refractivity contribution in [1.29, 1.82) is 0 Å². The highest BCUT2D eigenvalue weighted by molar-refractivity contribution is 6.22. The van der Waals surface area contributed by atoms with Crippen LogP contribution in [-0.4, -0.2) is 25.1 Å². The van der Waals surface area contributed by atoms with E-state index >= 15 is 0 Å². The molecule has 0 aliphatic rings. The van der Waals surface area contributed by atoms with Crippen LogP contribution in [0.25, 0.3) is 0 Å². The summed E-state index contributed by atoms with van der Waals surface area (Å²) in [4.78, 5) is 0. The number of ether oxygens (including phenoxy) is 2. The normalized spacial score (nSPS) is 12.0. The second kappa shape index (κ2) is 4.91. The Morgan fingerprint density at radius 1 is 1.30 bits per heavy atom. The molecule has 0 aliphatic heterocycles. The van der Waals surface area contributed by atoms with Crippen LogP contribution in [0.3, 0.4) is 0 Å². The molecule has 1 radical (unpaired) electrons. The Hall–Kier alpha value is 0.170. The van der Waals surface area contributed by atoms with Gasteiger partial charge in [-0.3, -0.25) is 0 Å². The highest BCUT2D eigenvalue weighted by Crippen LogP contribution is 2.17. The van der Waals surface area contributed by atoms with Crippen molar-refractivity contribution in [3.63, 3.8) is 0 Å². The maximum Gasteiger partial charge on any atom is 0.276 e. The Kier molecular flexibility index (Phi) is 4.99. The number of alkyl halides is 1. The molecule has 0 atom stereocenters. The minimum Gasteiger partial charge on any atom is -0.336 e. The van der Waals surface area contributed by atoms with Crippen molar-refractivity contribution in [1.82, 2.24) is 0 Å². The Morgan fingerprint density at radius 3 is 1.90 bits per heavy atom. The van der Waals surface area contributed by atoms with E-state index in [1.807, 2.05) is 0 Å². The summed E-state index contributed by atoms with van der Waals surface area (Å²) in [7, 11) is 0. The Morgan fingerprint density at radius 2 is 1.70 bits per heavy atom. The fourth-order valence-corrected chi connectivity index (χ4v) is 0.774. The maximum absolute atomic E-state index is 10.3. The van der Waals surface area contributed by atoms with Crippen molar-refractivity contribution >= 4 is 11.6 Å². The van der Waals surface area contributed by atoms with Gasteiger partial charge in [0.05, 0.1) is 0 Å². The topological polar surface area (TPSA) is 38.4 Å². The van der Waals surface area contributed by atoms with E-state index in [9.17, 15) is 5.11 Å². The molecule has 0 N–H and O–H groups in total. The fraction of sp³-hybridized carbons (Fsp3) is 1.00. The van der Waals surface area contributed by atoms with Crippen molar-refractivity contribution in [3.05, 3.63) is 0 Å². The van der Waals surface area contributed by atoms with Crippen LogP contribution in [0.4, 0.5) is 0 Å². The van der Waals surface area contributed by atoms with Gasteiger partial charge in [0.15, 0.2) is 6.61 Å². The number of halogens is 1. The number of rotatable bonds is 5. The van der Waals surface area contributed by atoms with Crippen LogP contribution in [0, 0.1) is 0 Å². The summed E-state index contributed by atoms with van der Waals surface area (Å²) in [5, 5.41) is 8.91. The zero-order valence-electron chi connectivity index (χ0n) is 6.22. The lowest BCUT2D eigenvalue weighted by atomic mass is 10.6. The van der Waals surface area contributed by atoms with Gasteiger partial charge < -0.3 is 9.47 Å². The fourth-order valence-electron chi connectivity index (χ4n) is 0.556. The molecular weight excluding hydrogens is 156 g/mol. The Bertz CT molecular complexity index is 81.1. The van der Waals surface area contributed by atoms with Crippen molar-refractivity contribution in [3.8, 4) is 0 Å². The van der Waals surface area contributed by atoms with Gasteiger partial charge in [-0.05, 0) is 13.8 Å². The third-order valence-electron chi connectivity index (χ3n) is 0.892. The predicted octanol–water partition coefficient (Wildman–Crippen LogP) is 1.38. The zero-order chi connectivity index (χ0) is 8.04. The average Bonchev–Trinajstić information content (AvgIpc) is 1.89. The quantitative estimate of drug-likeness (QED) is 0.459. The first-order valence-electron chi connectivity index (χ1n) is 3.23. The van der Waals surface area contributed by atoms with Crippen LogP contribution >= 0.6 is 11.6 Å². The average molecular weight is 168 g/mol. The van der Waals surface area contributed by atoms with Gasteiger partial charge in [-0.15, -0.1) is 0 Å². The molecule has 0 fully saturated rings. The molecule has 0 spiro atoms. The summed E-state index contributed by atoms with van der Waals surface area (Å²) in [6.07, 6.45) is 0. The molecule has 4 heteroatoms. The smallest absolute Gasteiger partial charge is 0.276 e. The molecule has 0 aromatic rings. The Labute approximate surface area is 65.9 Å². The van der Waals surface area contributed by atoms with Gasteiger partial charge in [-0.2, -0.15) is 0 Å². The standard InChI is InChI=1S/C6H12ClO3/c1-3-9-6(7,5-8)10-4-2/h3-5H2,1-2H3. The zero-order valence-corrected chi connectivity index (χ0v) is 6.98. The Balaban J connectivity index is 3.69. The van der Waals surface area contributed by atoms with E-state index in [0.717, 1.165) is 0 Å². The van der Waals surface area contributed by atoms with Gasteiger partial charge in [-0.25, -0.2) is 5.11 Å². The summed E-state index contributed by atoms with van der Waals surface area (Å²) in [5.74, 6) is 0. The number of hydrogen-bond donors (Lipinski definition) is 0. The molecule has 10 heavy (non-hydrogen) atoms. The lowest BCUT2D eigenvalue weighted by Crippen LogP contribution is -2.33. The predicted molar refractivity (Wildman–Crippen MR) is 37.4 cm³/mol. The second-order valence-corrected chi connectivity index (χ2v) is 2.25. The van der Waals surface area contributed by atoms with E-state index in [0.29, 0.717) is 13.2 Å². The minimum atomic E-state index is -1.44. The lowest BCUT2D eigenvalue weighted by Gasteiger charge is -2.22. The van der Waals surface area contributed by atoms with Crippen LogP contribution < -0.4 is 0 Å². The third kappa shape index (κ3) is 3.37. The summed E-state index contributed by atoms with van der Waals surface area (Å²) in [6, 6.07) is 0.